The van der Waals surface area contributed by atoms with E-state index in [0.717, 1.165) is 44.3 Å². The first-order valence-corrected chi connectivity index (χ1v) is 12.9. The summed E-state index contributed by atoms with van der Waals surface area (Å²) in [6, 6.07) is 4.89. The van der Waals surface area contributed by atoms with Crippen LogP contribution >= 0.6 is 0 Å². The number of hydrogen-bond donors (Lipinski definition) is 3. The molecule has 4 N–H and O–H groups in total. The monoisotopic (exact) mass is 501 g/mol. The number of carbonyl (C=O) groups excluding carboxylic acids is 1. The molecule has 198 valence electrons. The number of anilines is 2. The van der Waals surface area contributed by atoms with Gasteiger partial charge in [-0.3, -0.25) is 4.79 Å². The molecule has 1 aromatic carbocycles. The molecule has 0 saturated carbocycles. The number of piperidine rings is 1. The van der Waals surface area contributed by atoms with E-state index in [9.17, 15) is 9.90 Å². The molecule has 1 atom stereocenters. The molecule has 0 spiro atoms. The van der Waals surface area contributed by atoms with E-state index >= 15 is 4.39 Å². The number of benzene rings is 1. The lowest BCUT2D eigenvalue weighted by Crippen LogP contribution is -2.32. The summed E-state index contributed by atoms with van der Waals surface area (Å²) in [4.78, 5) is 23.2. The number of nitrogens with two attached hydrogens (primary N) is 1. The number of aromatic nitrogens is 2. The summed E-state index contributed by atoms with van der Waals surface area (Å²) in [7, 11) is 2.10. The molecule has 2 heterocycles. The number of nitrogens with one attached hydrogen (secondary N) is 1. The van der Waals surface area contributed by atoms with Gasteiger partial charge in [0.2, 0.25) is 5.95 Å². The van der Waals surface area contributed by atoms with E-state index in [1.165, 1.54) is 6.07 Å². The van der Waals surface area contributed by atoms with Crippen LogP contribution in [0.3, 0.4) is 0 Å². The van der Waals surface area contributed by atoms with Crippen molar-refractivity contribution >= 4 is 17.7 Å². The summed E-state index contributed by atoms with van der Waals surface area (Å²) < 4.78 is 20.5. The van der Waals surface area contributed by atoms with Gasteiger partial charge < -0.3 is 25.8 Å². The number of carbonyl (C=O) groups is 1. The molecule has 0 bridgehead atoms. The summed E-state index contributed by atoms with van der Waals surface area (Å²) in [5.41, 5.74) is 8.38. The molecule has 9 heteroatoms. The zero-order valence-electron chi connectivity index (χ0n) is 21.7. The molecule has 0 unspecified atom stereocenters. The number of aliphatic hydroxyl groups excluding tert-OH is 1. The number of halogens is 1. The zero-order valence-corrected chi connectivity index (χ0v) is 21.7. The Morgan fingerprint density at radius 1 is 1.31 bits per heavy atom. The minimum atomic E-state index is -0.391. The predicted octanol–water partition coefficient (Wildman–Crippen LogP) is 3.49. The molecule has 2 aromatic rings. The van der Waals surface area contributed by atoms with E-state index in [0.29, 0.717) is 41.6 Å². The number of nitrogens with zero attached hydrogens (tertiary/aromatic N) is 3. The molecule has 1 aliphatic heterocycles. The Balaban J connectivity index is 1.66. The molecule has 0 aliphatic carbocycles. The highest BCUT2D eigenvalue weighted by Gasteiger charge is 2.20. The normalized spacial score (nSPS) is 15.6. The number of ether oxygens (including phenoxy) is 1. The number of aryl methyl sites for hydroxylation is 1. The van der Waals surface area contributed by atoms with Crippen molar-refractivity contribution in [1.29, 1.82) is 0 Å². The SMILES string of the molecule is CCC[C@@H](CCO)Nc1nc(N)nc(C)c1Cc1ccc(CC(=O)OCC2CCN(C)CC2)cc1F. The van der Waals surface area contributed by atoms with E-state index in [4.69, 9.17) is 10.5 Å². The zero-order chi connectivity index (χ0) is 26.1. The fraction of sp³-hybridized carbons (Fsp3) is 0.593. The average molecular weight is 502 g/mol. The Hall–Kier alpha value is -2.78. The van der Waals surface area contributed by atoms with E-state index in [-0.39, 0.29) is 37.4 Å². The number of aliphatic hydroxyl groups is 1. The van der Waals surface area contributed by atoms with E-state index in [1.807, 2.05) is 6.92 Å². The van der Waals surface area contributed by atoms with Crippen molar-refractivity contribution in [2.45, 2.75) is 64.8 Å². The van der Waals surface area contributed by atoms with Gasteiger partial charge in [0, 0.05) is 30.3 Å². The van der Waals surface area contributed by atoms with Crippen LogP contribution in [0.15, 0.2) is 18.2 Å². The van der Waals surface area contributed by atoms with Crippen LogP contribution in [-0.2, 0) is 22.4 Å². The number of nitrogen functional groups attached to an aromatic ring is 1. The molecule has 1 aromatic heterocycles. The van der Waals surface area contributed by atoms with E-state index in [1.54, 1.807) is 12.1 Å². The van der Waals surface area contributed by atoms with Crippen LogP contribution in [-0.4, -0.2) is 65.3 Å². The van der Waals surface area contributed by atoms with Crippen LogP contribution < -0.4 is 11.1 Å². The second-order valence-electron chi connectivity index (χ2n) is 9.85. The van der Waals surface area contributed by atoms with Crippen LogP contribution in [0.5, 0.6) is 0 Å². The maximum Gasteiger partial charge on any atom is 0.310 e. The maximum atomic E-state index is 15.1. The Morgan fingerprint density at radius 2 is 2.06 bits per heavy atom. The second kappa shape index (κ2) is 13.5. The fourth-order valence-corrected chi connectivity index (χ4v) is 4.63. The lowest BCUT2D eigenvalue weighted by atomic mass is 9.98. The predicted molar refractivity (Wildman–Crippen MR) is 139 cm³/mol. The molecule has 1 aliphatic rings. The molecule has 36 heavy (non-hydrogen) atoms. The highest BCUT2D eigenvalue weighted by molar-refractivity contribution is 5.72. The van der Waals surface area contributed by atoms with E-state index < -0.39 is 5.82 Å². The Morgan fingerprint density at radius 3 is 2.72 bits per heavy atom. The van der Waals surface area contributed by atoms with E-state index in [2.05, 4.69) is 34.2 Å². The first kappa shape index (κ1) is 27.8. The summed E-state index contributed by atoms with van der Waals surface area (Å²) in [5.74, 6) is 0.381. The van der Waals surface area contributed by atoms with Gasteiger partial charge in [0.15, 0.2) is 0 Å². The minimum Gasteiger partial charge on any atom is -0.465 e. The Kier molecular flexibility index (Phi) is 10.4. The Labute approximate surface area is 213 Å². The van der Waals surface area contributed by atoms with Gasteiger partial charge in [-0.15, -0.1) is 0 Å². The number of esters is 1. The molecule has 1 fully saturated rings. The second-order valence-corrected chi connectivity index (χ2v) is 9.85. The molecular weight excluding hydrogens is 461 g/mol. The highest BCUT2D eigenvalue weighted by Crippen LogP contribution is 2.25. The molecule has 0 amide bonds. The largest absolute Gasteiger partial charge is 0.465 e. The topological polar surface area (TPSA) is 114 Å². The first-order valence-electron chi connectivity index (χ1n) is 12.9. The van der Waals surface area contributed by atoms with Crippen LogP contribution in [0.25, 0.3) is 0 Å². The molecule has 1 saturated heterocycles. The quantitative estimate of drug-likeness (QED) is 0.379. The third-order valence-electron chi connectivity index (χ3n) is 6.84. The fourth-order valence-electron chi connectivity index (χ4n) is 4.63. The Bertz CT molecular complexity index is 1010. The third kappa shape index (κ3) is 8.13. The smallest absolute Gasteiger partial charge is 0.310 e. The minimum absolute atomic E-state index is 0.0280. The van der Waals surface area contributed by atoms with Gasteiger partial charge in [-0.1, -0.05) is 25.5 Å². The van der Waals surface area contributed by atoms with Gasteiger partial charge >= 0.3 is 5.97 Å². The maximum absolute atomic E-state index is 15.1. The summed E-state index contributed by atoms with van der Waals surface area (Å²) in [6.45, 7) is 6.43. The van der Waals surface area contributed by atoms with Gasteiger partial charge in [0.05, 0.1) is 13.0 Å². The third-order valence-corrected chi connectivity index (χ3v) is 6.84. The summed E-state index contributed by atoms with van der Waals surface area (Å²) >= 11 is 0. The van der Waals surface area contributed by atoms with Gasteiger partial charge in [-0.25, -0.2) is 9.37 Å². The van der Waals surface area contributed by atoms with Crippen molar-refractivity contribution in [2.75, 3.05) is 44.4 Å². The van der Waals surface area contributed by atoms with Crippen molar-refractivity contribution in [3.05, 3.63) is 46.4 Å². The summed E-state index contributed by atoms with van der Waals surface area (Å²) in [6.07, 6.45) is 4.75. The van der Waals surface area contributed by atoms with Crippen molar-refractivity contribution in [2.24, 2.45) is 5.92 Å². The molecular formula is C27H40FN5O3. The van der Waals surface area contributed by atoms with Crippen LogP contribution in [0.1, 0.15) is 61.4 Å². The lowest BCUT2D eigenvalue weighted by molar-refractivity contribution is -0.144. The standard InChI is InChI=1S/C27H40FN5O3/c1-4-5-22(10-13-34)31-26-23(18(2)30-27(29)32-26)16-21-7-6-20(14-24(21)28)15-25(35)36-17-19-8-11-33(3)12-9-19/h6-7,14,19,22,34H,4-5,8-13,15-17H2,1-3H3,(H3,29,30,31,32)/t22-/m0/s1. The van der Waals surface area contributed by atoms with Crippen molar-refractivity contribution < 1.29 is 19.0 Å². The van der Waals surface area contributed by atoms with Gasteiger partial charge in [-0.2, -0.15) is 4.98 Å². The van der Waals surface area contributed by atoms with Gasteiger partial charge in [0.25, 0.3) is 0 Å². The highest BCUT2D eigenvalue weighted by atomic mass is 19.1. The van der Waals surface area contributed by atoms with Crippen LogP contribution in [0, 0.1) is 18.7 Å². The number of likely N-dealkylation sites (tertiary alicyclic amines) is 1. The number of rotatable bonds is 12. The number of hydrogen-bond acceptors (Lipinski definition) is 8. The molecule has 3 rings (SSSR count). The summed E-state index contributed by atoms with van der Waals surface area (Å²) in [5, 5.41) is 12.8. The van der Waals surface area contributed by atoms with Crippen molar-refractivity contribution in [1.82, 2.24) is 14.9 Å². The van der Waals surface area contributed by atoms with Crippen LogP contribution in [0.4, 0.5) is 16.2 Å². The van der Waals surface area contributed by atoms with Crippen molar-refractivity contribution in [3.8, 4) is 0 Å². The van der Waals surface area contributed by atoms with Gasteiger partial charge in [-0.05, 0) is 75.9 Å². The molecule has 0 radical (unpaired) electrons. The average Bonchev–Trinajstić information content (AvgIpc) is 2.82. The lowest BCUT2D eigenvalue weighted by Gasteiger charge is -2.28. The molecule has 8 nitrogen and oxygen atoms in total. The van der Waals surface area contributed by atoms with Gasteiger partial charge in [0.1, 0.15) is 11.6 Å². The van der Waals surface area contributed by atoms with Crippen LogP contribution in [0.2, 0.25) is 0 Å². The van der Waals surface area contributed by atoms with Crippen molar-refractivity contribution in [3.63, 3.8) is 0 Å². The first-order chi connectivity index (χ1) is 17.3.